The average molecular weight is 290 g/mol. The van der Waals surface area contributed by atoms with Crippen LogP contribution in [0, 0.1) is 0 Å². The van der Waals surface area contributed by atoms with E-state index in [1.165, 1.54) is 0 Å². The summed E-state index contributed by atoms with van der Waals surface area (Å²) in [6.45, 7) is 1.50. The lowest BCUT2D eigenvalue weighted by Gasteiger charge is -2.23. The maximum atomic E-state index is 12.5. The van der Waals surface area contributed by atoms with Gasteiger partial charge < -0.3 is 10.0 Å². The van der Waals surface area contributed by atoms with Crippen molar-refractivity contribution >= 4 is 17.6 Å². The highest BCUT2D eigenvalue weighted by molar-refractivity contribution is 5.99. The molecule has 1 amide bonds. The molecule has 1 aliphatic heterocycles. The van der Waals surface area contributed by atoms with Crippen LogP contribution in [0.2, 0.25) is 0 Å². The molecule has 1 saturated heterocycles. The molecule has 0 spiro atoms. The van der Waals surface area contributed by atoms with Crippen molar-refractivity contribution in [3.05, 3.63) is 30.3 Å². The summed E-state index contributed by atoms with van der Waals surface area (Å²) in [7, 11) is 1.94. The summed E-state index contributed by atoms with van der Waals surface area (Å²) in [6, 6.07) is 9.63. The Morgan fingerprint density at radius 1 is 1.33 bits per heavy atom. The second-order valence-electron chi connectivity index (χ2n) is 5.46. The number of benzene rings is 1. The minimum absolute atomic E-state index is 0.0879. The van der Waals surface area contributed by atoms with Crippen molar-refractivity contribution in [2.24, 2.45) is 0 Å². The van der Waals surface area contributed by atoms with Crippen LogP contribution in [0.1, 0.15) is 25.7 Å². The van der Waals surface area contributed by atoms with Gasteiger partial charge in [-0.25, -0.2) is 0 Å². The highest BCUT2D eigenvalue weighted by atomic mass is 16.4. The Hall–Kier alpha value is -1.88. The number of carbonyl (C=O) groups is 2. The van der Waals surface area contributed by atoms with E-state index in [2.05, 4.69) is 0 Å². The third kappa shape index (κ3) is 4.04. The van der Waals surface area contributed by atoms with Crippen molar-refractivity contribution < 1.29 is 14.7 Å². The van der Waals surface area contributed by atoms with Crippen LogP contribution < -0.4 is 4.90 Å². The minimum atomic E-state index is -0.759. The Morgan fingerprint density at radius 2 is 2.05 bits per heavy atom. The smallest absolute Gasteiger partial charge is 0.303 e. The predicted molar refractivity (Wildman–Crippen MR) is 81.3 cm³/mol. The van der Waals surface area contributed by atoms with Crippen molar-refractivity contribution in [2.75, 3.05) is 25.0 Å². The zero-order valence-electron chi connectivity index (χ0n) is 12.4. The fourth-order valence-corrected chi connectivity index (χ4v) is 2.73. The van der Waals surface area contributed by atoms with E-state index in [1.54, 1.807) is 0 Å². The molecule has 2 rings (SSSR count). The number of para-hydroxylation sites is 1. The number of aliphatic carboxylic acids is 1. The van der Waals surface area contributed by atoms with E-state index in [9.17, 15) is 9.59 Å². The molecule has 114 valence electrons. The van der Waals surface area contributed by atoms with Gasteiger partial charge >= 0.3 is 5.97 Å². The van der Waals surface area contributed by atoms with E-state index in [4.69, 9.17) is 5.11 Å². The maximum absolute atomic E-state index is 12.5. The molecule has 0 aliphatic carbocycles. The summed E-state index contributed by atoms with van der Waals surface area (Å²) < 4.78 is 0. The normalized spacial score (nSPS) is 18.5. The number of rotatable bonds is 7. The van der Waals surface area contributed by atoms with Gasteiger partial charge in [-0.05, 0) is 45.0 Å². The molecule has 1 aromatic carbocycles. The number of carboxylic acid groups (broad SMARTS) is 1. The molecule has 0 saturated carbocycles. The number of carboxylic acids is 1. The summed E-state index contributed by atoms with van der Waals surface area (Å²) in [5, 5.41) is 8.62. The van der Waals surface area contributed by atoms with Gasteiger partial charge in [0.15, 0.2) is 0 Å². The van der Waals surface area contributed by atoms with Gasteiger partial charge in [-0.2, -0.15) is 0 Å². The Morgan fingerprint density at radius 3 is 2.71 bits per heavy atom. The molecule has 1 aromatic rings. The maximum Gasteiger partial charge on any atom is 0.303 e. The number of hydrogen-bond donors (Lipinski definition) is 1. The second-order valence-corrected chi connectivity index (χ2v) is 5.46. The highest BCUT2D eigenvalue weighted by Crippen LogP contribution is 2.23. The molecule has 5 heteroatoms. The van der Waals surface area contributed by atoms with Gasteiger partial charge in [0, 0.05) is 18.7 Å². The number of hydrogen-bond acceptors (Lipinski definition) is 3. The van der Waals surface area contributed by atoms with Crippen LogP contribution in [0.5, 0.6) is 0 Å². The van der Waals surface area contributed by atoms with Crippen molar-refractivity contribution in [1.29, 1.82) is 0 Å². The molecule has 0 radical (unpaired) electrons. The molecular weight excluding hydrogens is 268 g/mol. The summed E-state index contributed by atoms with van der Waals surface area (Å²) in [6.07, 6.45) is 2.48. The molecule has 1 N–H and O–H groups in total. The molecule has 21 heavy (non-hydrogen) atoms. The number of amides is 1. The molecule has 0 bridgehead atoms. The standard InChI is InChI=1S/C16H22N2O3/c1-17(11-6-5-9-15(19)20)14-10-12-18(16(14)21)13-7-3-2-4-8-13/h2-4,7-8,14H,5-6,9-12H2,1H3,(H,19,20). The fourth-order valence-electron chi connectivity index (χ4n) is 2.73. The summed E-state index contributed by atoms with van der Waals surface area (Å²) in [5.41, 5.74) is 0.948. The van der Waals surface area contributed by atoms with Gasteiger partial charge in [-0.3, -0.25) is 14.5 Å². The average Bonchev–Trinajstić information content (AvgIpc) is 2.86. The molecule has 0 aromatic heterocycles. The molecule has 1 unspecified atom stereocenters. The summed E-state index contributed by atoms with van der Waals surface area (Å²) >= 11 is 0. The summed E-state index contributed by atoms with van der Waals surface area (Å²) in [5.74, 6) is -0.619. The van der Waals surface area contributed by atoms with Crippen molar-refractivity contribution in [2.45, 2.75) is 31.7 Å². The van der Waals surface area contributed by atoms with Gasteiger partial charge in [-0.15, -0.1) is 0 Å². The van der Waals surface area contributed by atoms with E-state index >= 15 is 0 Å². The van der Waals surface area contributed by atoms with Crippen LogP contribution in [0.15, 0.2) is 30.3 Å². The SMILES string of the molecule is CN(CCCCC(=O)O)C1CCN(c2ccccc2)C1=O. The third-order valence-electron chi connectivity index (χ3n) is 3.93. The fraction of sp³-hybridized carbons (Fsp3) is 0.500. The Kier molecular flexibility index (Phi) is 5.33. The summed E-state index contributed by atoms with van der Waals surface area (Å²) in [4.78, 5) is 26.8. The minimum Gasteiger partial charge on any atom is -0.481 e. The predicted octanol–water partition coefficient (Wildman–Crippen LogP) is 1.98. The van der Waals surface area contributed by atoms with Crippen LogP contribution in [-0.2, 0) is 9.59 Å². The van der Waals surface area contributed by atoms with E-state index in [0.29, 0.717) is 6.42 Å². The van der Waals surface area contributed by atoms with E-state index in [-0.39, 0.29) is 18.4 Å². The van der Waals surface area contributed by atoms with Crippen molar-refractivity contribution in [3.63, 3.8) is 0 Å². The van der Waals surface area contributed by atoms with Crippen LogP contribution >= 0.6 is 0 Å². The molecule has 1 fully saturated rings. The number of anilines is 1. The first kappa shape index (κ1) is 15.5. The molecule has 1 aliphatic rings. The zero-order valence-corrected chi connectivity index (χ0v) is 12.4. The highest BCUT2D eigenvalue weighted by Gasteiger charge is 2.34. The van der Waals surface area contributed by atoms with Crippen molar-refractivity contribution in [3.8, 4) is 0 Å². The molecule has 5 nitrogen and oxygen atoms in total. The lowest BCUT2D eigenvalue weighted by Crippen LogP contribution is -2.40. The van der Waals surface area contributed by atoms with Crippen molar-refractivity contribution in [1.82, 2.24) is 4.90 Å². The van der Waals surface area contributed by atoms with Crippen LogP contribution in [0.3, 0.4) is 0 Å². The third-order valence-corrected chi connectivity index (χ3v) is 3.93. The van der Waals surface area contributed by atoms with Crippen LogP contribution in [-0.4, -0.2) is 48.1 Å². The van der Waals surface area contributed by atoms with Crippen LogP contribution in [0.25, 0.3) is 0 Å². The molecular formula is C16H22N2O3. The lowest BCUT2D eigenvalue weighted by molar-refractivity contribution is -0.137. The Labute approximate surface area is 125 Å². The van der Waals surface area contributed by atoms with E-state index < -0.39 is 5.97 Å². The van der Waals surface area contributed by atoms with Gasteiger partial charge in [0.05, 0.1) is 6.04 Å². The van der Waals surface area contributed by atoms with Gasteiger partial charge in [-0.1, -0.05) is 18.2 Å². The first-order valence-electron chi connectivity index (χ1n) is 7.38. The van der Waals surface area contributed by atoms with E-state index in [0.717, 1.165) is 31.6 Å². The number of likely N-dealkylation sites (N-methyl/N-ethyl adjacent to an activating group) is 1. The van der Waals surface area contributed by atoms with Gasteiger partial charge in [0.2, 0.25) is 5.91 Å². The monoisotopic (exact) mass is 290 g/mol. The Balaban J connectivity index is 1.85. The number of unbranched alkanes of at least 4 members (excludes halogenated alkanes) is 1. The molecule has 1 atom stereocenters. The largest absolute Gasteiger partial charge is 0.481 e. The topological polar surface area (TPSA) is 60.9 Å². The number of carbonyl (C=O) groups excluding carboxylic acids is 1. The second kappa shape index (κ2) is 7.22. The Bertz CT molecular complexity index is 490. The zero-order chi connectivity index (χ0) is 15.2. The number of nitrogens with zero attached hydrogens (tertiary/aromatic N) is 2. The quantitative estimate of drug-likeness (QED) is 0.780. The first-order valence-corrected chi connectivity index (χ1v) is 7.38. The van der Waals surface area contributed by atoms with Gasteiger partial charge in [0.25, 0.3) is 0 Å². The van der Waals surface area contributed by atoms with Crippen LogP contribution in [0.4, 0.5) is 5.69 Å². The molecule has 1 heterocycles. The first-order chi connectivity index (χ1) is 10.1. The van der Waals surface area contributed by atoms with E-state index in [1.807, 2.05) is 47.2 Å². The van der Waals surface area contributed by atoms with Gasteiger partial charge in [0.1, 0.15) is 0 Å². The lowest BCUT2D eigenvalue weighted by atomic mass is 10.2.